The van der Waals surface area contributed by atoms with E-state index in [-0.39, 0.29) is 0 Å². The van der Waals surface area contributed by atoms with Gasteiger partial charge in [0.25, 0.3) is 0 Å². The molecule has 0 saturated heterocycles. The zero-order chi connectivity index (χ0) is 8.97. The normalized spacial score (nSPS) is 9.83. The predicted molar refractivity (Wildman–Crippen MR) is 57.0 cm³/mol. The summed E-state index contributed by atoms with van der Waals surface area (Å²) in [6, 6.07) is 6.16. The van der Waals surface area contributed by atoms with E-state index >= 15 is 0 Å². The maximum atomic E-state index is 5.47. The fourth-order valence-corrected chi connectivity index (χ4v) is 1.51. The third-order valence-corrected chi connectivity index (χ3v) is 2.49. The average Bonchev–Trinajstić information content (AvgIpc) is 2.09. The first-order valence-electron chi connectivity index (χ1n) is 3.89. The molecule has 0 atom stereocenters. The molecule has 0 spiro atoms. The van der Waals surface area contributed by atoms with Crippen LogP contribution in [0.15, 0.2) is 29.3 Å². The number of nitrogens with two attached hydrogens (primary N) is 1. The Morgan fingerprint density at radius 2 is 2.25 bits per heavy atom. The second-order valence-corrected chi connectivity index (χ2v) is 3.45. The first-order valence-corrected chi connectivity index (χ1v) is 4.68. The first kappa shape index (κ1) is 9.49. The van der Waals surface area contributed by atoms with Gasteiger partial charge in [0, 0.05) is 4.47 Å². The lowest BCUT2D eigenvalue weighted by molar-refractivity contribution is 0.963. The van der Waals surface area contributed by atoms with Gasteiger partial charge in [0.1, 0.15) is 0 Å². The van der Waals surface area contributed by atoms with Gasteiger partial charge in [0.15, 0.2) is 0 Å². The van der Waals surface area contributed by atoms with E-state index in [0.717, 1.165) is 16.5 Å². The van der Waals surface area contributed by atoms with Crippen LogP contribution in [0.2, 0.25) is 0 Å². The fraction of sp³-hybridized carbons (Fsp3) is 0.200. The maximum absolute atomic E-state index is 5.47. The maximum Gasteiger partial charge on any atom is 0.0208 e. The minimum atomic E-state index is 0.680. The molecule has 0 unspecified atom stereocenters. The van der Waals surface area contributed by atoms with Gasteiger partial charge >= 0.3 is 0 Å². The van der Waals surface area contributed by atoms with Crippen molar-refractivity contribution in [3.05, 3.63) is 40.4 Å². The number of hydrogen-bond acceptors (Lipinski definition) is 1. The van der Waals surface area contributed by atoms with E-state index < -0.39 is 0 Å². The van der Waals surface area contributed by atoms with Gasteiger partial charge in [-0.15, -0.1) is 0 Å². The minimum Gasteiger partial charge on any atom is -0.330 e. The molecule has 0 aromatic heterocycles. The van der Waals surface area contributed by atoms with Crippen molar-refractivity contribution in [3.63, 3.8) is 0 Å². The zero-order valence-corrected chi connectivity index (χ0v) is 8.47. The molecule has 1 aromatic carbocycles. The Morgan fingerprint density at radius 3 is 2.83 bits per heavy atom. The van der Waals surface area contributed by atoms with Gasteiger partial charge in [0.05, 0.1) is 0 Å². The predicted octanol–water partition coefficient (Wildman–Crippen LogP) is 2.59. The molecule has 12 heavy (non-hydrogen) atoms. The van der Waals surface area contributed by atoms with Crippen molar-refractivity contribution in [2.45, 2.75) is 6.42 Å². The second kappa shape index (κ2) is 4.43. The third-order valence-electron chi connectivity index (χ3n) is 1.72. The monoisotopic (exact) mass is 225 g/mol. The molecule has 0 amide bonds. The molecular formula is C10H12BrN. The highest BCUT2D eigenvalue weighted by Crippen LogP contribution is 2.18. The molecule has 1 rings (SSSR count). The van der Waals surface area contributed by atoms with Crippen LogP contribution < -0.4 is 5.73 Å². The van der Waals surface area contributed by atoms with E-state index in [1.807, 2.05) is 18.2 Å². The van der Waals surface area contributed by atoms with Crippen LogP contribution in [0.25, 0.3) is 6.08 Å². The molecule has 1 nitrogen and oxygen atoms in total. The SMILES string of the molecule is C=Cc1ccc(Br)c(CCN)c1. The molecule has 2 heteroatoms. The molecule has 0 saturated carbocycles. The number of benzene rings is 1. The van der Waals surface area contributed by atoms with E-state index in [9.17, 15) is 0 Å². The summed E-state index contributed by atoms with van der Waals surface area (Å²) in [4.78, 5) is 0. The third kappa shape index (κ3) is 2.19. The molecule has 0 bridgehead atoms. The topological polar surface area (TPSA) is 26.0 Å². The Morgan fingerprint density at radius 1 is 1.50 bits per heavy atom. The van der Waals surface area contributed by atoms with Crippen molar-refractivity contribution >= 4 is 22.0 Å². The summed E-state index contributed by atoms with van der Waals surface area (Å²) in [5, 5.41) is 0. The summed E-state index contributed by atoms with van der Waals surface area (Å²) in [7, 11) is 0. The van der Waals surface area contributed by atoms with Gasteiger partial charge < -0.3 is 5.73 Å². The van der Waals surface area contributed by atoms with E-state index in [0.29, 0.717) is 6.54 Å². The average molecular weight is 226 g/mol. The largest absolute Gasteiger partial charge is 0.330 e. The van der Waals surface area contributed by atoms with Crippen LogP contribution in [0.4, 0.5) is 0 Å². The summed E-state index contributed by atoms with van der Waals surface area (Å²) >= 11 is 3.47. The highest BCUT2D eigenvalue weighted by Gasteiger charge is 1.98. The molecule has 0 fully saturated rings. The lowest BCUT2D eigenvalue weighted by Crippen LogP contribution is -2.03. The lowest BCUT2D eigenvalue weighted by atomic mass is 10.1. The summed E-state index contributed by atoms with van der Waals surface area (Å²) in [6.07, 6.45) is 2.74. The Labute approximate surface area is 81.4 Å². The van der Waals surface area contributed by atoms with E-state index in [1.165, 1.54) is 5.56 Å². The number of rotatable bonds is 3. The molecular weight excluding hydrogens is 214 g/mol. The molecule has 1 aromatic rings. The summed E-state index contributed by atoms with van der Waals surface area (Å²) in [6.45, 7) is 4.40. The summed E-state index contributed by atoms with van der Waals surface area (Å²) in [5.74, 6) is 0. The Kier molecular flexibility index (Phi) is 3.50. The van der Waals surface area contributed by atoms with Crippen LogP contribution in [0.5, 0.6) is 0 Å². The van der Waals surface area contributed by atoms with Gasteiger partial charge in [-0.25, -0.2) is 0 Å². The summed E-state index contributed by atoms with van der Waals surface area (Å²) in [5.41, 5.74) is 7.86. The van der Waals surface area contributed by atoms with Crippen molar-refractivity contribution in [1.82, 2.24) is 0 Å². The van der Waals surface area contributed by atoms with Gasteiger partial charge in [0.2, 0.25) is 0 Å². The van der Waals surface area contributed by atoms with Gasteiger partial charge in [-0.3, -0.25) is 0 Å². The summed E-state index contributed by atoms with van der Waals surface area (Å²) < 4.78 is 1.12. The van der Waals surface area contributed by atoms with E-state index in [2.05, 4.69) is 28.6 Å². The number of hydrogen-bond donors (Lipinski definition) is 1. The molecule has 2 N–H and O–H groups in total. The molecule has 0 heterocycles. The van der Waals surface area contributed by atoms with Crippen LogP contribution in [-0.4, -0.2) is 6.54 Å². The smallest absolute Gasteiger partial charge is 0.0208 e. The van der Waals surface area contributed by atoms with Crippen molar-refractivity contribution < 1.29 is 0 Å². The van der Waals surface area contributed by atoms with Crippen LogP contribution in [0.1, 0.15) is 11.1 Å². The molecule has 0 aliphatic heterocycles. The van der Waals surface area contributed by atoms with Gasteiger partial charge in [-0.2, -0.15) is 0 Å². The quantitative estimate of drug-likeness (QED) is 0.842. The minimum absolute atomic E-state index is 0.680. The van der Waals surface area contributed by atoms with Crippen LogP contribution in [0, 0.1) is 0 Å². The van der Waals surface area contributed by atoms with Crippen LogP contribution in [0.3, 0.4) is 0 Å². The fourth-order valence-electron chi connectivity index (χ4n) is 1.07. The first-order chi connectivity index (χ1) is 5.77. The van der Waals surface area contributed by atoms with Crippen LogP contribution >= 0.6 is 15.9 Å². The van der Waals surface area contributed by atoms with E-state index in [4.69, 9.17) is 5.73 Å². The van der Waals surface area contributed by atoms with Crippen molar-refractivity contribution in [2.75, 3.05) is 6.54 Å². The molecule has 0 aliphatic carbocycles. The van der Waals surface area contributed by atoms with Crippen molar-refractivity contribution in [2.24, 2.45) is 5.73 Å². The van der Waals surface area contributed by atoms with E-state index in [1.54, 1.807) is 0 Å². The highest BCUT2D eigenvalue weighted by molar-refractivity contribution is 9.10. The van der Waals surface area contributed by atoms with Crippen molar-refractivity contribution in [1.29, 1.82) is 0 Å². The standard InChI is InChI=1S/C10H12BrN/c1-2-8-3-4-10(11)9(7-8)5-6-12/h2-4,7H,1,5-6,12H2. The van der Waals surface area contributed by atoms with Gasteiger partial charge in [-0.05, 0) is 30.2 Å². The zero-order valence-electron chi connectivity index (χ0n) is 6.89. The van der Waals surface area contributed by atoms with Crippen LogP contribution in [-0.2, 0) is 6.42 Å². The Balaban J connectivity index is 2.99. The number of halogens is 1. The van der Waals surface area contributed by atoms with Crippen molar-refractivity contribution in [3.8, 4) is 0 Å². The Hall–Kier alpha value is -0.600. The lowest BCUT2D eigenvalue weighted by Gasteiger charge is -2.03. The molecule has 64 valence electrons. The second-order valence-electron chi connectivity index (χ2n) is 2.59. The molecule has 0 aliphatic rings. The highest BCUT2D eigenvalue weighted by atomic mass is 79.9. The molecule has 0 radical (unpaired) electrons. The Bertz CT molecular complexity index is 281. The van der Waals surface area contributed by atoms with Gasteiger partial charge in [-0.1, -0.05) is 40.7 Å².